The SMILES string of the molecule is O=C(Nc1ccccc1F)c1ccc(NC2=C(Cl)C(=O)N(c3cc(Cl)c(Cl)cc3Cl)C2=O)cc1. The van der Waals surface area contributed by atoms with Crippen LogP contribution < -0.4 is 15.5 Å². The molecule has 3 aromatic rings. The molecule has 0 fully saturated rings. The summed E-state index contributed by atoms with van der Waals surface area (Å²) in [5.41, 5.74) is 0.507. The third-order valence-corrected chi connectivity index (χ3v) is 6.17. The number of nitrogens with zero attached hydrogens (tertiary/aromatic N) is 1. The van der Waals surface area contributed by atoms with Crippen LogP contribution in [0.4, 0.5) is 21.5 Å². The minimum absolute atomic E-state index is 0.0289. The number of carbonyl (C=O) groups excluding carboxylic acids is 3. The first-order valence-corrected chi connectivity index (χ1v) is 11.0. The molecule has 1 aliphatic heterocycles. The number of imide groups is 1. The zero-order valence-corrected chi connectivity index (χ0v) is 19.9. The maximum Gasteiger partial charge on any atom is 0.283 e. The molecule has 0 aliphatic carbocycles. The molecule has 34 heavy (non-hydrogen) atoms. The summed E-state index contributed by atoms with van der Waals surface area (Å²) in [6, 6.07) is 14.3. The number of anilines is 3. The Morgan fingerprint density at radius 3 is 2.15 bits per heavy atom. The third-order valence-electron chi connectivity index (χ3n) is 4.80. The maximum absolute atomic E-state index is 13.8. The summed E-state index contributed by atoms with van der Waals surface area (Å²) in [5.74, 6) is -2.64. The van der Waals surface area contributed by atoms with E-state index in [-0.39, 0.29) is 42.7 Å². The number of amides is 3. The highest BCUT2D eigenvalue weighted by atomic mass is 35.5. The molecular formula is C23H12Cl4FN3O3. The molecule has 0 saturated carbocycles. The van der Waals surface area contributed by atoms with Gasteiger partial charge in [0.25, 0.3) is 17.7 Å². The van der Waals surface area contributed by atoms with Crippen molar-refractivity contribution in [3.63, 3.8) is 0 Å². The molecule has 0 aromatic heterocycles. The maximum atomic E-state index is 13.8. The number of halogens is 5. The number of carbonyl (C=O) groups is 3. The third kappa shape index (κ3) is 4.60. The van der Waals surface area contributed by atoms with E-state index in [1.54, 1.807) is 6.07 Å². The molecule has 3 amide bonds. The smallest absolute Gasteiger partial charge is 0.283 e. The van der Waals surface area contributed by atoms with Crippen molar-refractivity contribution in [3.05, 3.63) is 97.8 Å². The van der Waals surface area contributed by atoms with E-state index in [0.717, 1.165) is 4.90 Å². The van der Waals surface area contributed by atoms with E-state index in [4.69, 9.17) is 46.4 Å². The minimum Gasteiger partial charge on any atom is -0.350 e. The molecule has 172 valence electrons. The highest BCUT2D eigenvalue weighted by Crippen LogP contribution is 2.38. The normalized spacial score (nSPS) is 13.5. The van der Waals surface area contributed by atoms with Crippen LogP contribution in [0, 0.1) is 5.82 Å². The second kappa shape index (κ2) is 9.64. The van der Waals surface area contributed by atoms with Crippen molar-refractivity contribution < 1.29 is 18.8 Å². The number of nitrogens with one attached hydrogen (secondary N) is 2. The van der Waals surface area contributed by atoms with E-state index < -0.39 is 23.5 Å². The molecule has 0 spiro atoms. The minimum atomic E-state index is -0.796. The van der Waals surface area contributed by atoms with Gasteiger partial charge in [0.05, 0.1) is 26.4 Å². The van der Waals surface area contributed by atoms with Crippen molar-refractivity contribution in [1.82, 2.24) is 0 Å². The van der Waals surface area contributed by atoms with Crippen molar-refractivity contribution >= 4 is 81.2 Å². The fraction of sp³-hybridized carbons (Fsp3) is 0. The lowest BCUT2D eigenvalue weighted by atomic mass is 10.2. The van der Waals surface area contributed by atoms with Crippen LogP contribution in [0.2, 0.25) is 15.1 Å². The Kier molecular flexibility index (Phi) is 6.81. The van der Waals surface area contributed by atoms with Gasteiger partial charge in [-0.1, -0.05) is 58.5 Å². The number of hydrogen-bond acceptors (Lipinski definition) is 4. The lowest BCUT2D eigenvalue weighted by molar-refractivity contribution is -0.120. The van der Waals surface area contributed by atoms with Crippen LogP contribution in [0.15, 0.2) is 71.4 Å². The Hall–Kier alpha value is -3.10. The Labute approximate surface area is 212 Å². The largest absolute Gasteiger partial charge is 0.350 e. The van der Waals surface area contributed by atoms with E-state index in [1.807, 2.05) is 0 Å². The molecule has 1 heterocycles. The number of hydrogen-bond donors (Lipinski definition) is 2. The van der Waals surface area contributed by atoms with E-state index in [2.05, 4.69) is 10.6 Å². The summed E-state index contributed by atoms with van der Waals surface area (Å²) in [4.78, 5) is 38.8. The predicted molar refractivity (Wildman–Crippen MR) is 131 cm³/mol. The zero-order chi connectivity index (χ0) is 24.6. The topological polar surface area (TPSA) is 78.5 Å². The first kappa shape index (κ1) is 24.0. The number of para-hydroxylation sites is 1. The first-order chi connectivity index (χ1) is 16.2. The molecule has 2 N–H and O–H groups in total. The Bertz CT molecular complexity index is 1380. The van der Waals surface area contributed by atoms with Gasteiger partial charge in [0, 0.05) is 11.3 Å². The van der Waals surface area contributed by atoms with Gasteiger partial charge in [-0.25, -0.2) is 9.29 Å². The average Bonchev–Trinajstić information content (AvgIpc) is 3.01. The Morgan fingerprint density at radius 2 is 1.47 bits per heavy atom. The van der Waals surface area contributed by atoms with E-state index in [1.165, 1.54) is 54.6 Å². The fourth-order valence-electron chi connectivity index (χ4n) is 3.12. The fourth-order valence-corrected chi connectivity index (χ4v) is 3.96. The summed E-state index contributed by atoms with van der Waals surface area (Å²) in [7, 11) is 0. The molecule has 0 radical (unpaired) electrons. The Morgan fingerprint density at radius 1 is 0.824 bits per heavy atom. The first-order valence-electron chi connectivity index (χ1n) is 9.53. The summed E-state index contributed by atoms with van der Waals surface area (Å²) in [6.45, 7) is 0. The molecule has 0 saturated heterocycles. The molecule has 0 unspecified atom stereocenters. The monoisotopic (exact) mass is 537 g/mol. The van der Waals surface area contributed by atoms with Crippen molar-refractivity contribution in [2.24, 2.45) is 0 Å². The summed E-state index contributed by atoms with van der Waals surface area (Å²) < 4.78 is 13.8. The standard InChI is InChI=1S/C23H12Cl4FN3O3/c24-13-9-15(26)18(10-14(13)25)31-22(33)19(27)20(23(31)34)29-12-7-5-11(6-8-12)21(32)30-17-4-2-1-3-16(17)28/h1-10,29H,(H,30,32). The van der Waals surface area contributed by atoms with Gasteiger partial charge in [-0.05, 0) is 48.5 Å². The van der Waals surface area contributed by atoms with Crippen LogP contribution in [-0.2, 0) is 9.59 Å². The van der Waals surface area contributed by atoms with Crippen molar-refractivity contribution in [3.8, 4) is 0 Å². The summed E-state index contributed by atoms with van der Waals surface area (Å²) in [6.07, 6.45) is 0. The molecule has 11 heteroatoms. The van der Waals surface area contributed by atoms with Crippen molar-refractivity contribution in [2.75, 3.05) is 15.5 Å². The van der Waals surface area contributed by atoms with Gasteiger partial charge < -0.3 is 10.6 Å². The lowest BCUT2D eigenvalue weighted by Gasteiger charge is -2.17. The average molecular weight is 539 g/mol. The molecule has 0 atom stereocenters. The van der Waals surface area contributed by atoms with Gasteiger partial charge in [0.1, 0.15) is 16.5 Å². The van der Waals surface area contributed by atoms with Gasteiger partial charge in [-0.2, -0.15) is 0 Å². The number of rotatable bonds is 5. The quantitative estimate of drug-likeness (QED) is 0.288. The van der Waals surface area contributed by atoms with E-state index in [9.17, 15) is 18.8 Å². The molecular weight excluding hydrogens is 527 g/mol. The van der Waals surface area contributed by atoms with Gasteiger partial charge in [-0.15, -0.1) is 0 Å². The van der Waals surface area contributed by atoms with Crippen LogP contribution in [-0.4, -0.2) is 17.7 Å². The van der Waals surface area contributed by atoms with Crippen LogP contribution in [0.1, 0.15) is 10.4 Å². The molecule has 0 bridgehead atoms. The second-order valence-corrected chi connectivity index (χ2v) is 8.59. The summed E-state index contributed by atoms with van der Waals surface area (Å²) >= 11 is 24.2. The predicted octanol–water partition coefficient (Wildman–Crippen LogP) is 6.47. The van der Waals surface area contributed by atoms with Crippen molar-refractivity contribution in [1.29, 1.82) is 0 Å². The van der Waals surface area contributed by atoms with Gasteiger partial charge in [-0.3, -0.25) is 14.4 Å². The van der Waals surface area contributed by atoms with Crippen LogP contribution >= 0.6 is 46.4 Å². The van der Waals surface area contributed by atoms with Gasteiger partial charge in [0.15, 0.2) is 0 Å². The lowest BCUT2D eigenvalue weighted by Crippen LogP contribution is -2.32. The number of benzene rings is 3. The van der Waals surface area contributed by atoms with Gasteiger partial charge >= 0.3 is 0 Å². The summed E-state index contributed by atoms with van der Waals surface area (Å²) in [5, 5.41) is 5.20. The highest BCUT2D eigenvalue weighted by molar-refractivity contribution is 6.54. The van der Waals surface area contributed by atoms with Crippen molar-refractivity contribution in [2.45, 2.75) is 0 Å². The Balaban J connectivity index is 1.52. The van der Waals surface area contributed by atoms with E-state index in [0.29, 0.717) is 5.69 Å². The molecule has 4 rings (SSSR count). The molecule has 6 nitrogen and oxygen atoms in total. The van der Waals surface area contributed by atoms with Gasteiger partial charge in [0.2, 0.25) is 0 Å². The highest BCUT2D eigenvalue weighted by Gasteiger charge is 2.40. The molecule has 3 aromatic carbocycles. The van der Waals surface area contributed by atoms with Crippen LogP contribution in [0.3, 0.4) is 0 Å². The van der Waals surface area contributed by atoms with Crippen LogP contribution in [0.25, 0.3) is 0 Å². The second-order valence-electron chi connectivity index (χ2n) is 6.99. The van der Waals surface area contributed by atoms with Crippen LogP contribution in [0.5, 0.6) is 0 Å². The van der Waals surface area contributed by atoms with E-state index >= 15 is 0 Å². The molecule has 1 aliphatic rings. The zero-order valence-electron chi connectivity index (χ0n) is 16.8.